The number of carbonyl (C=O) groups is 1. The van der Waals surface area contributed by atoms with Gasteiger partial charge in [-0.2, -0.15) is 0 Å². The minimum atomic E-state index is -0.231. The van der Waals surface area contributed by atoms with Gasteiger partial charge >= 0.3 is 0 Å². The molecule has 15 nitrogen and oxygen atoms in total. The second kappa shape index (κ2) is 21.0. The first-order chi connectivity index (χ1) is 30.1. The number of pyridine rings is 2. The van der Waals surface area contributed by atoms with Gasteiger partial charge in [0.2, 0.25) is 11.9 Å². The van der Waals surface area contributed by atoms with Gasteiger partial charge < -0.3 is 51.0 Å². The molecule has 8 rings (SSSR count). The quantitative estimate of drug-likeness (QED) is 0.0479. The fraction of sp³-hybridized carbons (Fsp3) is 0.267. The van der Waals surface area contributed by atoms with Gasteiger partial charge in [0.15, 0.2) is 6.29 Å². The summed E-state index contributed by atoms with van der Waals surface area (Å²) in [5, 5.41) is 30.9. The molecule has 8 aromatic rings. The average molecular weight is 953 g/mol. The van der Waals surface area contributed by atoms with Crippen molar-refractivity contribution in [3.05, 3.63) is 123 Å². The van der Waals surface area contributed by atoms with Gasteiger partial charge in [0.25, 0.3) is 11.1 Å². The number of nitrogens with one attached hydrogen (secondary N) is 5. The summed E-state index contributed by atoms with van der Waals surface area (Å²) in [5.41, 5.74) is 12.7. The highest BCUT2D eigenvalue weighted by atomic mass is 35.5. The third-order valence-corrected chi connectivity index (χ3v) is 11.9. The van der Waals surface area contributed by atoms with Crippen LogP contribution in [0, 0.1) is 27.7 Å². The molecular weight excluding hydrogens is 902 g/mol. The number of nitrogens with two attached hydrogens (primary N) is 1. The number of aromatic nitrogens is 6. The van der Waals surface area contributed by atoms with Crippen LogP contribution in [0.1, 0.15) is 45.9 Å². The number of aliphatic hydroxyl groups excluding tert-OH is 2. The lowest BCUT2D eigenvalue weighted by Crippen LogP contribution is -2.18. The highest BCUT2D eigenvalue weighted by Gasteiger charge is 2.22. The summed E-state index contributed by atoms with van der Waals surface area (Å²) >= 11 is 25.2. The predicted octanol–water partition coefficient (Wildman–Crippen LogP) is 8.63. The van der Waals surface area contributed by atoms with Gasteiger partial charge in [0, 0.05) is 50.7 Å². The lowest BCUT2D eigenvalue weighted by molar-refractivity contribution is 0.112. The molecule has 19 heteroatoms. The van der Waals surface area contributed by atoms with Crippen molar-refractivity contribution in [3.8, 4) is 0 Å². The largest absolute Gasteiger partial charge is 0.395 e. The lowest BCUT2D eigenvalue weighted by atomic mass is 10.0. The van der Waals surface area contributed by atoms with Crippen molar-refractivity contribution in [2.45, 2.75) is 41.7 Å². The molecule has 0 spiro atoms. The monoisotopic (exact) mass is 950 g/mol. The van der Waals surface area contributed by atoms with Crippen molar-refractivity contribution in [1.82, 2.24) is 34.4 Å². The molecule has 0 aliphatic carbocycles. The minimum Gasteiger partial charge on any atom is -0.395 e. The first-order valence-electron chi connectivity index (χ1n) is 19.6. The molecule has 0 bridgehead atoms. The van der Waals surface area contributed by atoms with Crippen molar-refractivity contribution in [2.24, 2.45) is 19.8 Å². The number of aldehydes is 1. The number of aliphatic hydroxyl groups is 2. The van der Waals surface area contributed by atoms with Crippen LogP contribution in [0.15, 0.2) is 58.1 Å². The van der Waals surface area contributed by atoms with E-state index in [4.69, 9.17) is 67.3 Å². The zero-order valence-electron chi connectivity index (χ0n) is 35.2. The molecule has 9 N–H and O–H groups in total. The smallest absolute Gasteiger partial charge is 0.258 e. The van der Waals surface area contributed by atoms with Crippen molar-refractivity contribution in [1.29, 1.82) is 0 Å². The van der Waals surface area contributed by atoms with Crippen molar-refractivity contribution in [2.75, 3.05) is 36.9 Å². The molecule has 0 atom stereocenters. The van der Waals surface area contributed by atoms with Gasteiger partial charge in [-0.15, -0.1) is 0 Å². The maximum absolute atomic E-state index is 13.0. The topological polar surface area (TPSA) is 221 Å². The van der Waals surface area contributed by atoms with E-state index in [9.17, 15) is 14.4 Å². The van der Waals surface area contributed by atoms with Gasteiger partial charge in [-0.1, -0.05) is 66.0 Å². The number of hydrogen-bond acceptors (Lipinski definition) is 11. The van der Waals surface area contributed by atoms with Crippen LogP contribution in [0.4, 0.5) is 23.3 Å². The Labute approximate surface area is 388 Å². The van der Waals surface area contributed by atoms with Gasteiger partial charge in [-0.3, -0.25) is 14.4 Å². The molecule has 0 aliphatic rings. The second-order valence-electron chi connectivity index (χ2n) is 14.6. The summed E-state index contributed by atoms with van der Waals surface area (Å²) in [5.74, 6) is 0.928. The Kier molecular flexibility index (Phi) is 16.3. The first kappa shape index (κ1) is 49.5. The fourth-order valence-corrected chi connectivity index (χ4v) is 8.16. The number of carbonyl (C=O) groups excluding carboxylic acids is 1. The number of H-pyrrole nitrogens is 2. The van der Waals surface area contributed by atoms with Crippen LogP contribution in [0.3, 0.4) is 0 Å². The number of rotatable bonds is 10. The molecule has 0 unspecified atom stereocenters. The van der Waals surface area contributed by atoms with E-state index in [-0.39, 0.29) is 31.8 Å². The van der Waals surface area contributed by atoms with E-state index in [0.717, 1.165) is 45.1 Å². The molecule has 0 fully saturated rings. The number of halogens is 4. The van der Waals surface area contributed by atoms with E-state index in [1.807, 2.05) is 45.4 Å². The number of para-hydroxylation sites is 2. The third kappa shape index (κ3) is 9.62. The van der Waals surface area contributed by atoms with Gasteiger partial charge in [0.1, 0.15) is 5.52 Å². The molecule has 338 valence electrons. The summed E-state index contributed by atoms with van der Waals surface area (Å²) in [6.07, 6.45) is 0.747. The number of imidazole rings is 2. The molecular formula is C45H50Cl4N10O5. The fourth-order valence-electron chi connectivity index (χ4n) is 7.18. The van der Waals surface area contributed by atoms with Crippen LogP contribution in [0.5, 0.6) is 0 Å². The van der Waals surface area contributed by atoms with E-state index < -0.39 is 0 Å². The van der Waals surface area contributed by atoms with E-state index in [1.54, 1.807) is 54.1 Å². The number of aromatic amines is 2. The maximum Gasteiger partial charge on any atom is 0.258 e. The first-order valence-corrected chi connectivity index (χ1v) is 21.1. The van der Waals surface area contributed by atoms with Crippen LogP contribution in [-0.4, -0.2) is 71.9 Å². The number of nitrogens with zero attached hydrogens (tertiary/aromatic N) is 4. The van der Waals surface area contributed by atoms with E-state index in [1.165, 1.54) is 0 Å². The average Bonchev–Trinajstić information content (AvgIpc) is 3.76. The highest BCUT2D eigenvalue weighted by molar-refractivity contribution is 6.40. The van der Waals surface area contributed by atoms with Crippen LogP contribution >= 0.6 is 46.4 Å². The molecule has 4 heterocycles. The summed E-state index contributed by atoms with van der Waals surface area (Å²) in [6.45, 7) is 9.09. The predicted molar refractivity (Wildman–Crippen MR) is 263 cm³/mol. The van der Waals surface area contributed by atoms with E-state index in [0.29, 0.717) is 101 Å². The molecule has 64 heavy (non-hydrogen) atoms. The highest BCUT2D eigenvalue weighted by Crippen LogP contribution is 2.37. The Balaban J connectivity index is 0.000000220. The zero-order valence-corrected chi connectivity index (χ0v) is 38.3. The molecule has 0 aliphatic heterocycles. The summed E-state index contributed by atoms with van der Waals surface area (Å²) in [6, 6.07) is 14.1. The lowest BCUT2D eigenvalue weighted by Gasteiger charge is -2.12. The molecule has 0 saturated heterocycles. The Morgan fingerprint density at radius 3 is 1.56 bits per heavy atom. The van der Waals surface area contributed by atoms with Crippen molar-refractivity contribution in [3.63, 3.8) is 0 Å². The van der Waals surface area contributed by atoms with Gasteiger partial charge in [-0.25, -0.2) is 9.97 Å². The van der Waals surface area contributed by atoms with Gasteiger partial charge in [0.05, 0.1) is 72.0 Å². The summed E-state index contributed by atoms with van der Waals surface area (Å²) < 4.78 is 3.57. The number of hydrogen-bond donors (Lipinski definition) is 8. The van der Waals surface area contributed by atoms with Crippen molar-refractivity contribution >= 4 is 120 Å². The van der Waals surface area contributed by atoms with Crippen LogP contribution in [0.2, 0.25) is 20.1 Å². The van der Waals surface area contributed by atoms with Gasteiger partial charge in [-0.05, 0) is 91.6 Å². The number of anilines is 4. The van der Waals surface area contributed by atoms with Crippen LogP contribution in [0.25, 0.3) is 43.6 Å². The third-order valence-electron chi connectivity index (χ3n) is 10.6. The Hall–Kier alpha value is -5.49. The van der Waals surface area contributed by atoms with Crippen molar-refractivity contribution < 1.29 is 15.0 Å². The standard InChI is InChI=1S/C22H23Cl2N5O2.C20H16Cl2N4O2.C2H7NO.CH4/c1-11-12(2)26-21(31)17-14(11)9-13(10-25-7-8-30)18-20(17)29(3)22(27-18)28-19-15(23)5-4-6-16(19)24;1-9-10(2)23-19(28)15-12(9)7-11(8-27)16-18(15)26(3)20(24-16)25-17-13(21)5-4-6-14(17)22;3-1-2-4;/h4-6,9,25,30H,7-8,10H2,1-3H3,(H,26,31)(H,27,28);4-8H,1-3H3,(H,23,28)(H,24,25);4H,1-3H2;1H4. The van der Waals surface area contributed by atoms with E-state index >= 15 is 0 Å². The van der Waals surface area contributed by atoms with Crippen LogP contribution in [-0.2, 0) is 20.6 Å². The normalized spacial score (nSPS) is 11.0. The minimum absolute atomic E-state index is 0. The molecule has 0 amide bonds. The summed E-state index contributed by atoms with van der Waals surface area (Å²) in [7, 11) is 3.62. The SMILES string of the molecule is C.Cc1[nH]c(=O)c2c(cc(C=O)c3nc(Nc4c(Cl)cccc4Cl)n(C)c32)c1C.Cc1[nH]c(=O)c2c(cc(CNCCO)c3nc(Nc4c(Cl)cccc4Cl)n(C)c32)c1C.NCCO. The Morgan fingerprint density at radius 2 is 1.14 bits per heavy atom. The molecule has 0 radical (unpaired) electrons. The Morgan fingerprint density at radius 1 is 0.719 bits per heavy atom. The number of fused-ring (bicyclic) bond motifs is 6. The molecule has 4 aromatic heterocycles. The van der Waals surface area contributed by atoms with E-state index in [2.05, 4.69) is 30.9 Å². The molecule has 0 saturated carbocycles. The number of aryl methyl sites for hydroxylation is 6. The Bertz CT molecular complexity index is 3120. The number of benzene rings is 4. The maximum atomic E-state index is 13.0. The summed E-state index contributed by atoms with van der Waals surface area (Å²) in [4.78, 5) is 52.6. The molecule has 4 aromatic carbocycles. The zero-order chi connectivity index (χ0) is 45.9. The second-order valence-corrected chi connectivity index (χ2v) is 16.2. The van der Waals surface area contributed by atoms with Crippen LogP contribution < -0.4 is 32.8 Å².